The van der Waals surface area contributed by atoms with Crippen molar-refractivity contribution >= 4 is 5.91 Å². The Morgan fingerprint density at radius 3 is 2.86 bits per heavy atom. The topological polar surface area (TPSA) is 73.0 Å². The van der Waals surface area contributed by atoms with E-state index in [4.69, 9.17) is 0 Å². The Morgan fingerprint density at radius 2 is 2.14 bits per heavy atom. The highest BCUT2D eigenvalue weighted by molar-refractivity contribution is 5.94. The first-order valence-corrected chi connectivity index (χ1v) is 7.97. The molecule has 3 heterocycles. The number of nitrogens with one attached hydrogen (secondary N) is 3. The van der Waals surface area contributed by atoms with Crippen molar-refractivity contribution in [3.8, 4) is 0 Å². The van der Waals surface area contributed by atoms with E-state index in [1.54, 1.807) is 0 Å². The molecule has 0 bridgehead atoms. The molecule has 0 aliphatic carbocycles. The molecule has 1 aromatic rings. The number of nitrogens with zero attached hydrogens (tertiary/aromatic N) is 2. The Morgan fingerprint density at radius 1 is 1.38 bits per heavy atom. The summed E-state index contributed by atoms with van der Waals surface area (Å²) >= 11 is 0. The fourth-order valence-corrected chi connectivity index (χ4v) is 3.23. The molecule has 3 N–H and O–H groups in total. The Bertz CT molecular complexity index is 502. The molecule has 0 aromatic carbocycles. The van der Waals surface area contributed by atoms with Crippen LogP contribution in [-0.4, -0.2) is 52.7 Å². The number of carbonyl (C=O) groups excluding carboxylic acids is 1. The summed E-state index contributed by atoms with van der Waals surface area (Å²) in [7, 11) is 0. The number of rotatable bonds is 3. The molecule has 1 aromatic heterocycles. The number of hydrogen-bond acceptors (Lipinski definition) is 4. The van der Waals surface area contributed by atoms with Gasteiger partial charge in [0.2, 0.25) is 0 Å². The maximum Gasteiger partial charge on any atom is 0.272 e. The molecular weight excluding hydrogens is 266 g/mol. The zero-order valence-electron chi connectivity index (χ0n) is 12.9. The van der Waals surface area contributed by atoms with E-state index < -0.39 is 0 Å². The van der Waals surface area contributed by atoms with Crippen molar-refractivity contribution in [3.63, 3.8) is 0 Å². The third-order valence-corrected chi connectivity index (χ3v) is 4.62. The molecule has 0 unspecified atom stereocenters. The largest absolute Gasteiger partial charge is 0.348 e. The minimum atomic E-state index is -0.0285. The minimum Gasteiger partial charge on any atom is -0.348 e. The average Bonchev–Trinajstić information content (AvgIpc) is 2.92. The summed E-state index contributed by atoms with van der Waals surface area (Å²) in [5.41, 5.74) is 2.72. The van der Waals surface area contributed by atoms with Crippen molar-refractivity contribution in [3.05, 3.63) is 17.0 Å². The summed E-state index contributed by atoms with van der Waals surface area (Å²) in [6.07, 6.45) is 2.96. The maximum atomic E-state index is 12.4. The van der Waals surface area contributed by atoms with Crippen molar-refractivity contribution in [1.29, 1.82) is 0 Å². The smallest absolute Gasteiger partial charge is 0.272 e. The SMILES string of the molecule is CC(C)N1CCC(NC(=O)c2n[nH]c3c2CNCC3)CC1. The number of hydrogen-bond donors (Lipinski definition) is 3. The third-order valence-electron chi connectivity index (χ3n) is 4.62. The molecule has 6 heteroatoms. The van der Waals surface area contributed by atoms with Crippen LogP contribution < -0.4 is 10.6 Å². The molecule has 6 nitrogen and oxygen atoms in total. The van der Waals surface area contributed by atoms with Crippen LogP contribution in [0.15, 0.2) is 0 Å². The van der Waals surface area contributed by atoms with Crippen LogP contribution in [0.3, 0.4) is 0 Å². The third kappa shape index (κ3) is 3.11. The molecule has 3 rings (SSSR count). The van der Waals surface area contributed by atoms with Gasteiger partial charge in [0.25, 0.3) is 5.91 Å². The summed E-state index contributed by atoms with van der Waals surface area (Å²) in [6.45, 7) is 8.25. The van der Waals surface area contributed by atoms with E-state index in [1.807, 2.05) is 0 Å². The van der Waals surface area contributed by atoms with Gasteiger partial charge in [-0.05, 0) is 26.7 Å². The van der Waals surface area contributed by atoms with Crippen molar-refractivity contribution in [2.24, 2.45) is 0 Å². The first-order chi connectivity index (χ1) is 10.1. The second-order valence-electron chi connectivity index (χ2n) is 6.33. The van der Waals surface area contributed by atoms with Gasteiger partial charge in [0.15, 0.2) is 5.69 Å². The average molecular weight is 291 g/mol. The van der Waals surface area contributed by atoms with Crippen molar-refractivity contribution in [1.82, 2.24) is 25.7 Å². The summed E-state index contributed by atoms with van der Waals surface area (Å²) in [5.74, 6) is -0.0285. The first kappa shape index (κ1) is 14.5. The number of likely N-dealkylation sites (tertiary alicyclic amines) is 1. The van der Waals surface area contributed by atoms with Gasteiger partial charge in [-0.15, -0.1) is 0 Å². The van der Waals surface area contributed by atoms with E-state index in [9.17, 15) is 4.79 Å². The Kier molecular flexibility index (Phi) is 4.26. The molecule has 2 aliphatic heterocycles. The van der Waals surface area contributed by atoms with Crippen LogP contribution >= 0.6 is 0 Å². The molecule has 0 saturated carbocycles. The lowest BCUT2D eigenvalue weighted by Crippen LogP contribution is -2.46. The summed E-state index contributed by atoms with van der Waals surface area (Å²) in [6, 6.07) is 0.863. The molecule has 2 aliphatic rings. The predicted octanol–water partition coefficient (Wildman–Crippen LogP) is 0.658. The number of aromatic nitrogens is 2. The summed E-state index contributed by atoms with van der Waals surface area (Å²) in [4.78, 5) is 14.9. The second kappa shape index (κ2) is 6.15. The molecule has 0 radical (unpaired) electrons. The Balaban J connectivity index is 1.59. The van der Waals surface area contributed by atoms with Gasteiger partial charge in [-0.2, -0.15) is 5.10 Å². The first-order valence-electron chi connectivity index (χ1n) is 7.97. The molecule has 1 saturated heterocycles. The fourth-order valence-electron chi connectivity index (χ4n) is 3.23. The lowest BCUT2D eigenvalue weighted by molar-refractivity contribution is 0.0894. The molecule has 0 spiro atoms. The Hall–Kier alpha value is -1.40. The monoisotopic (exact) mass is 291 g/mol. The van der Waals surface area contributed by atoms with Gasteiger partial charge in [0, 0.05) is 55.9 Å². The normalized spacial score (nSPS) is 20.5. The Labute approximate surface area is 125 Å². The van der Waals surface area contributed by atoms with Gasteiger partial charge in [0.1, 0.15) is 0 Å². The van der Waals surface area contributed by atoms with E-state index in [-0.39, 0.29) is 11.9 Å². The number of piperidine rings is 1. The van der Waals surface area contributed by atoms with Crippen molar-refractivity contribution < 1.29 is 4.79 Å². The number of amides is 1. The zero-order chi connectivity index (χ0) is 14.8. The van der Waals surface area contributed by atoms with Crippen molar-refractivity contribution in [2.75, 3.05) is 19.6 Å². The van der Waals surface area contributed by atoms with E-state index in [1.165, 1.54) is 0 Å². The highest BCUT2D eigenvalue weighted by Gasteiger charge is 2.26. The lowest BCUT2D eigenvalue weighted by atomic mass is 10.0. The molecule has 116 valence electrons. The van der Waals surface area contributed by atoms with Crippen LogP contribution in [0.25, 0.3) is 0 Å². The van der Waals surface area contributed by atoms with Crippen molar-refractivity contribution in [2.45, 2.75) is 51.7 Å². The summed E-state index contributed by atoms with van der Waals surface area (Å²) < 4.78 is 0. The van der Waals surface area contributed by atoms with Crippen LogP contribution in [0, 0.1) is 0 Å². The number of aromatic amines is 1. The van der Waals surface area contributed by atoms with E-state index in [0.29, 0.717) is 11.7 Å². The van der Waals surface area contributed by atoms with Crippen LogP contribution in [0.5, 0.6) is 0 Å². The zero-order valence-corrected chi connectivity index (χ0v) is 12.9. The van der Waals surface area contributed by atoms with Crippen LogP contribution in [0.2, 0.25) is 0 Å². The number of carbonyl (C=O) groups is 1. The number of fused-ring (bicyclic) bond motifs is 1. The molecule has 1 fully saturated rings. The second-order valence-corrected chi connectivity index (χ2v) is 6.33. The lowest BCUT2D eigenvalue weighted by Gasteiger charge is -2.34. The van der Waals surface area contributed by atoms with Crippen LogP contribution in [0.4, 0.5) is 0 Å². The molecular formula is C15H25N5O. The predicted molar refractivity (Wildman–Crippen MR) is 81.2 cm³/mol. The quantitative estimate of drug-likeness (QED) is 0.765. The molecule has 0 atom stereocenters. The van der Waals surface area contributed by atoms with Gasteiger partial charge < -0.3 is 15.5 Å². The van der Waals surface area contributed by atoms with Gasteiger partial charge in [0.05, 0.1) is 0 Å². The van der Waals surface area contributed by atoms with E-state index in [0.717, 1.165) is 56.7 Å². The highest BCUT2D eigenvalue weighted by atomic mass is 16.2. The fraction of sp³-hybridized carbons (Fsp3) is 0.733. The van der Waals surface area contributed by atoms with Crippen LogP contribution in [0.1, 0.15) is 48.4 Å². The molecule has 1 amide bonds. The highest BCUT2D eigenvalue weighted by Crippen LogP contribution is 2.17. The molecule has 21 heavy (non-hydrogen) atoms. The standard InChI is InChI=1S/C15H25N5O/c1-10(2)20-7-4-11(5-8-20)17-15(21)14-12-9-16-6-3-13(12)18-19-14/h10-11,16H,3-9H2,1-2H3,(H,17,21)(H,18,19). The number of H-pyrrole nitrogens is 1. The van der Waals surface area contributed by atoms with Crippen LogP contribution in [-0.2, 0) is 13.0 Å². The van der Waals surface area contributed by atoms with E-state index >= 15 is 0 Å². The van der Waals surface area contributed by atoms with Gasteiger partial charge in [-0.3, -0.25) is 9.89 Å². The van der Waals surface area contributed by atoms with Gasteiger partial charge in [-0.1, -0.05) is 0 Å². The van der Waals surface area contributed by atoms with Gasteiger partial charge in [-0.25, -0.2) is 0 Å². The summed E-state index contributed by atoms with van der Waals surface area (Å²) in [5, 5.41) is 13.7. The minimum absolute atomic E-state index is 0.0285. The van der Waals surface area contributed by atoms with E-state index in [2.05, 4.69) is 39.6 Å². The maximum absolute atomic E-state index is 12.4. The van der Waals surface area contributed by atoms with Gasteiger partial charge >= 0.3 is 0 Å².